The minimum absolute atomic E-state index is 0.102. The van der Waals surface area contributed by atoms with Crippen LogP contribution in [-0.2, 0) is 24.0 Å². The summed E-state index contributed by atoms with van der Waals surface area (Å²) in [6.07, 6.45) is -0.833. The number of nitrogens with two attached hydrogens (primary N) is 1. The number of hydrogen-bond donors (Lipinski definition) is 2. The van der Waals surface area contributed by atoms with Crippen LogP contribution in [0, 0.1) is 6.92 Å². The number of hydrogen-bond acceptors (Lipinski definition) is 12. The third-order valence-electron chi connectivity index (χ3n) is 7.49. The molecule has 2 aliphatic heterocycles. The van der Waals surface area contributed by atoms with Crippen LogP contribution < -0.4 is 21.9 Å². The molecule has 3 N–H and O–H groups in total. The Kier molecular flexibility index (Phi) is 8.08. The van der Waals surface area contributed by atoms with Gasteiger partial charge in [0.1, 0.15) is 29.9 Å². The van der Waals surface area contributed by atoms with Crippen molar-refractivity contribution in [1.29, 1.82) is 0 Å². The van der Waals surface area contributed by atoms with Crippen LogP contribution in [0.4, 0.5) is 5.13 Å². The number of fused-ring (bicyclic) bond motifs is 1. The summed E-state index contributed by atoms with van der Waals surface area (Å²) in [6.45, 7) is 1.51. The molecule has 1 saturated heterocycles. The Morgan fingerprint density at radius 3 is 2.24 bits per heavy atom. The first-order valence-corrected chi connectivity index (χ1v) is 15.6. The molecule has 12 nitrogen and oxygen atoms in total. The van der Waals surface area contributed by atoms with Gasteiger partial charge in [0.15, 0.2) is 16.9 Å². The third-order valence-corrected chi connectivity index (χ3v) is 9.44. The molecule has 1 unspecified atom stereocenters. The van der Waals surface area contributed by atoms with Gasteiger partial charge in [-0.05, 0) is 18.1 Å². The maximum Gasteiger partial charge on any atom is 0.356 e. The Morgan fingerprint density at radius 1 is 1.04 bits per heavy atom. The van der Waals surface area contributed by atoms with E-state index in [-0.39, 0.29) is 44.7 Å². The summed E-state index contributed by atoms with van der Waals surface area (Å²) in [5, 5.41) is 7.46. The van der Waals surface area contributed by atoms with Crippen molar-refractivity contribution in [2.45, 2.75) is 24.4 Å². The maximum absolute atomic E-state index is 14.1. The Balaban J connectivity index is 1.34. The molecule has 1 fully saturated rings. The highest BCUT2D eigenvalue weighted by molar-refractivity contribution is 8.00. The van der Waals surface area contributed by atoms with Crippen LogP contribution in [0.1, 0.15) is 34.1 Å². The number of nitrogen functional groups attached to an aromatic ring is 1. The van der Waals surface area contributed by atoms with E-state index in [0.29, 0.717) is 11.1 Å². The predicted octanol–water partition coefficient (Wildman–Crippen LogP) is 2.12. The number of aromatic nitrogens is 1. The lowest BCUT2D eigenvalue weighted by Crippen LogP contribution is -2.71. The molecule has 228 valence electrons. The molecule has 3 heterocycles. The molecule has 1 aromatic heterocycles. The molecular weight excluding hydrogens is 619 g/mol. The van der Waals surface area contributed by atoms with Gasteiger partial charge in [-0.15, -0.1) is 23.1 Å². The highest BCUT2D eigenvalue weighted by Gasteiger charge is 2.55. The van der Waals surface area contributed by atoms with Crippen molar-refractivity contribution in [3.05, 3.63) is 120 Å². The first kappa shape index (κ1) is 30.0. The van der Waals surface area contributed by atoms with E-state index in [1.807, 2.05) is 60.7 Å². The molecular formula is C31H25N5O7S2. The number of nitrogens with zero attached hydrogens (tertiary/aromatic N) is 3. The van der Waals surface area contributed by atoms with Gasteiger partial charge in [0.05, 0.1) is 0 Å². The molecule has 14 heteroatoms. The normalized spacial score (nSPS) is 18.1. The van der Waals surface area contributed by atoms with Gasteiger partial charge in [0.2, 0.25) is 10.9 Å². The Bertz CT molecular complexity index is 1910. The summed E-state index contributed by atoms with van der Waals surface area (Å²) in [5.41, 5.74) is 6.13. The number of nitrogens with one attached hydrogen (secondary N) is 1. The zero-order valence-corrected chi connectivity index (χ0v) is 25.5. The molecule has 45 heavy (non-hydrogen) atoms. The Morgan fingerprint density at radius 2 is 1.69 bits per heavy atom. The van der Waals surface area contributed by atoms with E-state index < -0.39 is 46.2 Å². The number of carbonyl (C=O) groups is 3. The van der Waals surface area contributed by atoms with Crippen molar-refractivity contribution in [3.63, 3.8) is 0 Å². The number of anilines is 1. The van der Waals surface area contributed by atoms with E-state index in [1.54, 1.807) is 0 Å². The number of ether oxygens (including phenoxy) is 1. The molecule has 0 bridgehead atoms. The van der Waals surface area contributed by atoms with Gasteiger partial charge >= 0.3 is 5.97 Å². The first-order chi connectivity index (χ1) is 21.7. The molecule has 6 rings (SSSR count). The fourth-order valence-corrected chi connectivity index (χ4v) is 7.22. The number of oxime groups is 1. The third kappa shape index (κ3) is 5.31. The van der Waals surface area contributed by atoms with Crippen molar-refractivity contribution in [1.82, 2.24) is 15.2 Å². The molecule has 3 aromatic carbocycles. The number of carbonyl (C=O) groups excluding carboxylic acids is 3. The van der Waals surface area contributed by atoms with Crippen molar-refractivity contribution in [2.24, 2.45) is 5.16 Å². The van der Waals surface area contributed by atoms with Crippen LogP contribution in [0.3, 0.4) is 0 Å². The van der Waals surface area contributed by atoms with Gasteiger partial charge in [-0.2, -0.15) is 0 Å². The highest BCUT2D eigenvalue weighted by Crippen LogP contribution is 2.44. The second kappa shape index (κ2) is 12.1. The van der Waals surface area contributed by atoms with Crippen LogP contribution in [0.5, 0.6) is 0 Å². The van der Waals surface area contributed by atoms with E-state index >= 15 is 0 Å². The van der Waals surface area contributed by atoms with Gasteiger partial charge in [-0.1, -0.05) is 65.8 Å². The first-order valence-electron chi connectivity index (χ1n) is 13.6. The SMILES string of the molecule is CO/N=C(/C(=O)NC1C(=O)N2C(C(=O)OC(c3ccccc3)c3ccccc3)=C(c3c(C)c(=O)c3=O)CS[C@H]12)c1csc(N)n1. The maximum atomic E-state index is 14.1. The lowest BCUT2D eigenvalue weighted by atomic mass is 9.92. The van der Waals surface area contributed by atoms with Crippen molar-refractivity contribution >= 4 is 57.3 Å². The standard InChI is InChI=1S/C31H25N5O7S2/c1-15-20(25(38)24(15)37)18-13-44-29-22(34-27(39)21(35-42-2)19-14-45-31(32)33-19)28(40)36(29)23(18)30(41)43-26(16-9-5-3-6-10-16)17-11-7-4-8-12-17/h3-12,14,22,26,29H,13H2,1-2H3,(H2,32,33)(H,34,39)/b35-21+/t22?,29-/m1/s1. The molecule has 0 saturated carbocycles. The zero-order chi connectivity index (χ0) is 31.8. The summed E-state index contributed by atoms with van der Waals surface area (Å²) in [7, 11) is 1.27. The Labute approximate surface area is 264 Å². The highest BCUT2D eigenvalue weighted by atomic mass is 32.2. The van der Waals surface area contributed by atoms with Crippen LogP contribution in [0.2, 0.25) is 0 Å². The summed E-state index contributed by atoms with van der Waals surface area (Å²) >= 11 is 2.34. The molecule has 0 aliphatic carbocycles. The quantitative estimate of drug-likeness (QED) is 0.0906. The largest absolute Gasteiger partial charge is 0.448 e. The van der Waals surface area contributed by atoms with Gasteiger partial charge in [0, 0.05) is 27.8 Å². The lowest BCUT2D eigenvalue weighted by Gasteiger charge is -2.50. The van der Waals surface area contributed by atoms with E-state index in [0.717, 1.165) is 11.3 Å². The molecule has 2 amide bonds. The minimum Gasteiger partial charge on any atom is -0.448 e. The number of benzene rings is 2. The fourth-order valence-electron chi connectivity index (χ4n) is 5.32. The van der Waals surface area contributed by atoms with Crippen LogP contribution >= 0.6 is 23.1 Å². The molecule has 0 spiro atoms. The van der Waals surface area contributed by atoms with Gasteiger partial charge in [-0.3, -0.25) is 24.1 Å². The van der Waals surface area contributed by atoms with Gasteiger partial charge in [-0.25, -0.2) is 9.78 Å². The summed E-state index contributed by atoms with van der Waals surface area (Å²) in [6, 6.07) is 17.2. The van der Waals surface area contributed by atoms with E-state index in [1.165, 1.54) is 36.1 Å². The average molecular weight is 644 g/mol. The van der Waals surface area contributed by atoms with Crippen molar-refractivity contribution in [2.75, 3.05) is 18.6 Å². The van der Waals surface area contributed by atoms with Gasteiger partial charge < -0.3 is 20.6 Å². The van der Waals surface area contributed by atoms with Crippen molar-refractivity contribution < 1.29 is 24.0 Å². The van der Waals surface area contributed by atoms with E-state index in [2.05, 4.69) is 15.5 Å². The monoisotopic (exact) mass is 643 g/mol. The molecule has 2 atom stereocenters. The van der Waals surface area contributed by atoms with Crippen LogP contribution in [0.25, 0.3) is 5.57 Å². The van der Waals surface area contributed by atoms with Gasteiger partial charge in [0.25, 0.3) is 11.8 Å². The van der Waals surface area contributed by atoms with E-state index in [9.17, 15) is 24.0 Å². The van der Waals surface area contributed by atoms with Crippen LogP contribution in [0.15, 0.2) is 86.5 Å². The van der Waals surface area contributed by atoms with Crippen molar-refractivity contribution in [3.8, 4) is 0 Å². The molecule has 4 aromatic rings. The molecule has 0 radical (unpaired) electrons. The summed E-state index contributed by atoms with van der Waals surface area (Å²) in [4.78, 5) is 75.9. The summed E-state index contributed by atoms with van der Waals surface area (Å²) < 4.78 is 6.10. The number of thioether (sulfide) groups is 1. The summed E-state index contributed by atoms with van der Waals surface area (Å²) in [5.74, 6) is -2.07. The predicted molar refractivity (Wildman–Crippen MR) is 169 cm³/mol. The number of esters is 1. The minimum atomic E-state index is -1.04. The lowest BCUT2D eigenvalue weighted by molar-refractivity contribution is -0.154. The number of β-lactam (4-membered cyclic amide) rings is 1. The Hall–Kier alpha value is -5.08. The smallest absolute Gasteiger partial charge is 0.356 e. The average Bonchev–Trinajstić information content (AvgIpc) is 3.50. The number of thiazole rings is 1. The van der Waals surface area contributed by atoms with Crippen LogP contribution in [-0.4, -0.2) is 57.7 Å². The molecule has 2 aliphatic rings. The number of rotatable bonds is 9. The van der Waals surface area contributed by atoms with E-state index in [4.69, 9.17) is 15.3 Å². The topological polar surface area (TPSA) is 170 Å². The zero-order valence-electron chi connectivity index (χ0n) is 23.9. The second-order valence-electron chi connectivity index (χ2n) is 10.1. The second-order valence-corrected chi connectivity index (χ2v) is 12.1. The number of amides is 2. The fraction of sp³-hybridized carbons (Fsp3) is 0.194.